The molecule has 1 aromatic rings. The fourth-order valence-corrected chi connectivity index (χ4v) is 3.28. The maximum atomic E-state index is 8.41. The standard InChI is InChI=1S/C22H29NO/c1-2-19-9-11-21(12-10-19)18-24-22-15-13-20(14-16-22)8-6-4-3-5-7-17-23/h3-5,7,9-12,20,22H,2,6,8,13-16,18H2,1H3. The smallest absolute Gasteiger partial charge is 0.0912 e. The van der Waals surface area contributed by atoms with Gasteiger partial charge in [-0.25, -0.2) is 0 Å². The fourth-order valence-electron chi connectivity index (χ4n) is 3.28. The van der Waals surface area contributed by atoms with Crippen molar-refractivity contribution in [3.05, 3.63) is 59.7 Å². The summed E-state index contributed by atoms with van der Waals surface area (Å²) < 4.78 is 6.11. The van der Waals surface area contributed by atoms with Crippen LogP contribution in [0.4, 0.5) is 0 Å². The molecule has 1 saturated carbocycles. The van der Waals surface area contributed by atoms with Crippen molar-refractivity contribution in [2.45, 2.75) is 64.6 Å². The van der Waals surface area contributed by atoms with Gasteiger partial charge >= 0.3 is 0 Å². The third-order valence-corrected chi connectivity index (χ3v) is 4.87. The largest absolute Gasteiger partial charge is 0.374 e. The maximum Gasteiger partial charge on any atom is 0.0912 e. The van der Waals surface area contributed by atoms with E-state index < -0.39 is 0 Å². The molecule has 1 fully saturated rings. The Morgan fingerprint density at radius 1 is 1.08 bits per heavy atom. The first kappa shape index (κ1) is 18.5. The van der Waals surface area contributed by atoms with Crippen LogP contribution in [0.2, 0.25) is 0 Å². The summed E-state index contributed by atoms with van der Waals surface area (Å²) in [6.07, 6.45) is 16.3. The number of allylic oxidation sites excluding steroid dienone is 4. The summed E-state index contributed by atoms with van der Waals surface area (Å²) in [5, 5.41) is 8.41. The summed E-state index contributed by atoms with van der Waals surface area (Å²) in [6, 6.07) is 10.8. The van der Waals surface area contributed by atoms with Gasteiger partial charge in [-0.15, -0.1) is 0 Å². The highest BCUT2D eigenvalue weighted by molar-refractivity contribution is 5.21. The molecule has 0 atom stereocenters. The maximum absolute atomic E-state index is 8.41. The quantitative estimate of drug-likeness (QED) is 0.451. The molecule has 0 saturated heterocycles. The van der Waals surface area contributed by atoms with Gasteiger partial charge in [-0.2, -0.15) is 5.26 Å². The highest BCUT2D eigenvalue weighted by Gasteiger charge is 2.21. The molecule has 0 N–H and O–H groups in total. The number of aryl methyl sites for hydroxylation is 1. The van der Waals surface area contributed by atoms with Gasteiger partial charge in [0, 0.05) is 6.08 Å². The molecule has 0 bridgehead atoms. The molecule has 0 aliphatic heterocycles. The third-order valence-electron chi connectivity index (χ3n) is 4.87. The lowest BCUT2D eigenvalue weighted by atomic mass is 9.84. The van der Waals surface area contributed by atoms with Crippen molar-refractivity contribution < 1.29 is 4.74 Å². The lowest BCUT2D eigenvalue weighted by molar-refractivity contribution is 0.00646. The average Bonchev–Trinajstić information content (AvgIpc) is 2.64. The van der Waals surface area contributed by atoms with Crippen molar-refractivity contribution in [3.63, 3.8) is 0 Å². The molecule has 128 valence electrons. The van der Waals surface area contributed by atoms with Crippen LogP contribution in [0.15, 0.2) is 48.6 Å². The van der Waals surface area contributed by atoms with Crippen LogP contribution >= 0.6 is 0 Å². The molecule has 0 radical (unpaired) electrons. The second-order valence-electron chi connectivity index (χ2n) is 6.62. The lowest BCUT2D eigenvalue weighted by Crippen LogP contribution is -2.21. The van der Waals surface area contributed by atoms with Crippen LogP contribution in [0.1, 0.15) is 56.6 Å². The monoisotopic (exact) mass is 323 g/mol. The van der Waals surface area contributed by atoms with Gasteiger partial charge in [-0.1, -0.05) is 49.4 Å². The van der Waals surface area contributed by atoms with E-state index in [9.17, 15) is 0 Å². The van der Waals surface area contributed by atoms with Gasteiger partial charge < -0.3 is 4.74 Å². The van der Waals surface area contributed by atoms with E-state index in [2.05, 4.69) is 37.3 Å². The normalized spacial score (nSPS) is 21.3. The Labute approximate surface area is 146 Å². The van der Waals surface area contributed by atoms with Crippen LogP contribution in [0.3, 0.4) is 0 Å². The van der Waals surface area contributed by atoms with Gasteiger partial charge in [-0.3, -0.25) is 0 Å². The Bertz CT molecular complexity index is 557. The number of nitriles is 1. The summed E-state index contributed by atoms with van der Waals surface area (Å²) in [7, 11) is 0. The fraction of sp³-hybridized carbons (Fsp3) is 0.500. The Morgan fingerprint density at radius 2 is 1.79 bits per heavy atom. The third kappa shape index (κ3) is 6.72. The lowest BCUT2D eigenvalue weighted by Gasteiger charge is -2.28. The van der Waals surface area contributed by atoms with Gasteiger partial charge in [0.15, 0.2) is 0 Å². The zero-order valence-corrected chi connectivity index (χ0v) is 14.8. The average molecular weight is 323 g/mol. The van der Waals surface area contributed by atoms with E-state index in [0.717, 1.165) is 25.4 Å². The Kier molecular flexibility index (Phi) is 8.35. The predicted octanol–water partition coefficient (Wildman–Crippen LogP) is 5.74. The van der Waals surface area contributed by atoms with E-state index in [1.807, 2.05) is 12.1 Å². The summed E-state index contributed by atoms with van der Waals surface area (Å²) in [4.78, 5) is 0. The van der Waals surface area contributed by atoms with Crippen molar-refractivity contribution in [1.29, 1.82) is 5.26 Å². The SMILES string of the molecule is CCc1ccc(COC2CCC(CCC=CC=CC#N)CC2)cc1. The van der Waals surface area contributed by atoms with Crippen molar-refractivity contribution >= 4 is 0 Å². The van der Waals surface area contributed by atoms with Crippen LogP contribution in [0, 0.1) is 17.2 Å². The van der Waals surface area contributed by atoms with Gasteiger partial charge in [0.25, 0.3) is 0 Å². The number of ether oxygens (including phenoxy) is 1. The zero-order chi connectivity index (χ0) is 17.0. The van der Waals surface area contributed by atoms with E-state index >= 15 is 0 Å². The molecular weight excluding hydrogens is 294 g/mol. The first-order chi connectivity index (χ1) is 11.8. The van der Waals surface area contributed by atoms with Crippen LogP contribution in [0.5, 0.6) is 0 Å². The zero-order valence-electron chi connectivity index (χ0n) is 14.8. The second-order valence-corrected chi connectivity index (χ2v) is 6.62. The second kappa shape index (κ2) is 10.8. The Morgan fingerprint density at radius 3 is 2.46 bits per heavy atom. The van der Waals surface area contributed by atoms with Crippen molar-refractivity contribution in [2.24, 2.45) is 5.92 Å². The summed E-state index contributed by atoms with van der Waals surface area (Å²) in [5.74, 6) is 0.832. The summed E-state index contributed by atoms with van der Waals surface area (Å²) >= 11 is 0. The van der Waals surface area contributed by atoms with Gasteiger partial charge in [0.05, 0.1) is 18.8 Å². The van der Waals surface area contributed by atoms with E-state index in [4.69, 9.17) is 10.00 Å². The molecule has 0 spiro atoms. The van der Waals surface area contributed by atoms with E-state index in [0.29, 0.717) is 6.10 Å². The highest BCUT2D eigenvalue weighted by Crippen LogP contribution is 2.30. The summed E-state index contributed by atoms with van der Waals surface area (Å²) in [5.41, 5.74) is 2.67. The molecule has 2 nitrogen and oxygen atoms in total. The molecule has 0 unspecified atom stereocenters. The van der Waals surface area contributed by atoms with E-state index in [1.165, 1.54) is 49.3 Å². The van der Waals surface area contributed by atoms with E-state index in [1.54, 1.807) is 6.08 Å². The molecule has 2 rings (SSSR count). The van der Waals surface area contributed by atoms with Crippen LogP contribution in [-0.4, -0.2) is 6.10 Å². The van der Waals surface area contributed by atoms with Crippen LogP contribution in [-0.2, 0) is 17.8 Å². The van der Waals surface area contributed by atoms with Gasteiger partial charge in [0.2, 0.25) is 0 Å². The highest BCUT2D eigenvalue weighted by atomic mass is 16.5. The molecule has 2 heteroatoms. The molecule has 0 amide bonds. The molecule has 0 heterocycles. The topological polar surface area (TPSA) is 33.0 Å². The number of nitrogens with zero attached hydrogens (tertiary/aromatic N) is 1. The molecule has 24 heavy (non-hydrogen) atoms. The number of rotatable bonds is 8. The van der Waals surface area contributed by atoms with Crippen molar-refractivity contribution in [1.82, 2.24) is 0 Å². The van der Waals surface area contributed by atoms with Crippen LogP contribution in [0.25, 0.3) is 0 Å². The molecule has 1 aliphatic carbocycles. The van der Waals surface area contributed by atoms with Crippen molar-refractivity contribution in [3.8, 4) is 6.07 Å². The first-order valence-corrected chi connectivity index (χ1v) is 9.22. The molecular formula is C22H29NO. The van der Waals surface area contributed by atoms with Gasteiger partial charge in [-0.05, 0) is 62.0 Å². The van der Waals surface area contributed by atoms with Crippen LogP contribution < -0.4 is 0 Å². The minimum atomic E-state index is 0.432. The Balaban J connectivity index is 1.61. The van der Waals surface area contributed by atoms with Crippen molar-refractivity contribution in [2.75, 3.05) is 0 Å². The molecule has 1 aliphatic rings. The number of hydrogen-bond donors (Lipinski definition) is 0. The first-order valence-electron chi connectivity index (χ1n) is 9.22. The Hall–Kier alpha value is -1.85. The van der Waals surface area contributed by atoms with E-state index in [-0.39, 0.29) is 0 Å². The minimum Gasteiger partial charge on any atom is -0.374 e. The summed E-state index contributed by atoms with van der Waals surface area (Å²) in [6.45, 7) is 2.93. The molecule has 1 aromatic carbocycles. The molecule has 0 aromatic heterocycles. The predicted molar refractivity (Wildman–Crippen MR) is 99.5 cm³/mol. The number of hydrogen-bond acceptors (Lipinski definition) is 2. The minimum absolute atomic E-state index is 0.432. The number of benzene rings is 1. The van der Waals surface area contributed by atoms with Gasteiger partial charge in [0.1, 0.15) is 0 Å².